The minimum absolute atomic E-state index is 0.100. The van der Waals surface area contributed by atoms with Crippen LogP contribution < -0.4 is 14.8 Å². The van der Waals surface area contributed by atoms with Crippen molar-refractivity contribution in [2.24, 2.45) is 0 Å². The number of phenols is 1. The number of morpholine rings is 1. The van der Waals surface area contributed by atoms with E-state index in [1.807, 2.05) is 44.2 Å². The summed E-state index contributed by atoms with van der Waals surface area (Å²) in [5.41, 5.74) is 1.26. The third-order valence-electron chi connectivity index (χ3n) is 4.98. The van der Waals surface area contributed by atoms with E-state index in [0.717, 1.165) is 5.56 Å². The minimum Gasteiger partial charge on any atom is -0.504 e. The summed E-state index contributed by atoms with van der Waals surface area (Å²) in [5.74, 6) is 0.239. The fourth-order valence-electron chi connectivity index (χ4n) is 3.59. The summed E-state index contributed by atoms with van der Waals surface area (Å²) in [7, 11) is 3.00. The van der Waals surface area contributed by atoms with Gasteiger partial charge in [-0.15, -0.1) is 0 Å². The van der Waals surface area contributed by atoms with Gasteiger partial charge in [0.2, 0.25) is 0 Å². The van der Waals surface area contributed by atoms with Crippen LogP contribution in [-0.2, 0) is 9.53 Å². The van der Waals surface area contributed by atoms with E-state index in [1.165, 1.54) is 14.2 Å². The van der Waals surface area contributed by atoms with E-state index in [1.54, 1.807) is 13.0 Å². The summed E-state index contributed by atoms with van der Waals surface area (Å²) < 4.78 is 16.5. The summed E-state index contributed by atoms with van der Waals surface area (Å²) in [6.45, 7) is 5.51. The molecule has 1 saturated heterocycles. The Morgan fingerprint density at radius 1 is 1.15 bits per heavy atom. The van der Waals surface area contributed by atoms with Crippen LogP contribution in [0.3, 0.4) is 0 Å². The fourth-order valence-corrected chi connectivity index (χ4v) is 3.59. The number of phenolic OH excluding ortho intramolecular Hbond substituents is 1. The maximum atomic E-state index is 12.7. The summed E-state index contributed by atoms with van der Waals surface area (Å²) in [6.07, 6.45) is 0. The Morgan fingerprint density at radius 2 is 1.81 bits per heavy atom. The molecule has 1 aliphatic rings. The van der Waals surface area contributed by atoms with Gasteiger partial charge in [0.15, 0.2) is 11.5 Å². The Balaban J connectivity index is 2.08. The summed E-state index contributed by atoms with van der Waals surface area (Å²) in [5, 5.41) is 14.1. The zero-order valence-corrected chi connectivity index (χ0v) is 16.2. The lowest BCUT2D eigenvalue weighted by molar-refractivity contribution is -0.172. The number of benzene rings is 2. The Morgan fingerprint density at radius 3 is 2.41 bits per heavy atom. The molecule has 6 nitrogen and oxygen atoms in total. The Labute approximate surface area is 159 Å². The van der Waals surface area contributed by atoms with E-state index in [2.05, 4.69) is 5.32 Å². The van der Waals surface area contributed by atoms with Crippen molar-refractivity contribution < 1.29 is 24.1 Å². The molecule has 2 N–H and O–H groups in total. The number of hydrogen-bond donors (Lipinski definition) is 2. The highest BCUT2D eigenvalue weighted by atomic mass is 16.6. The molecule has 144 valence electrons. The molecule has 0 spiro atoms. The van der Waals surface area contributed by atoms with E-state index < -0.39 is 17.6 Å². The van der Waals surface area contributed by atoms with Crippen molar-refractivity contribution in [2.45, 2.75) is 38.5 Å². The molecule has 1 aliphatic heterocycles. The fraction of sp³-hybridized carbons (Fsp3) is 0.381. The lowest BCUT2D eigenvalue weighted by Gasteiger charge is -2.42. The second-order valence-corrected chi connectivity index (χ2v) is 7.14. The van der Waals surface area contributed by atoms with Crippen LogP contribution in [0.5, 0.6) is 17.2 Å². The number of ether oxygens (including phenoxy) is 3. The molecule has 0 aliphatic carbocycles. The van der Waals surface area contributed by atoms with Gasteiger partial charge in [0.25, 0.3) is 0 Å². The topological polar surface area (TPSA) is 77.0 Å². The highest BCUT2D eigenvalue weighted by molar-refractivity contribution is 5.81. The molecule has 2 atom stereocenters. The molecule has 6 heteroatoms. The smallest absolute Gasteiger partial charge is 0.328 e. The maximum Gasteiger partial charge on any atom is 0.328 e. The van der Waals surface area contributed by atoms with Gasteiger partial charge in [-0.05, 0) is 32.4 Å². The third kappa shape index (κ3) is 3.32. The number of aromatic hydroxyl groups is 1. The minimum atomic E-state index is -0.855. The number of rotatable bonds is 4. The van der Waals surface area contributed by atoms with E-state index in [9.17, 15) is 9.90 Å². The molecule has 27 heavy (non-hydrogen) atoms. The summed E-state index contributed by atoms with van der Waals surface area (Å²) in [6, 6.07) is 10.3. The molecule has 0 radical (unpaired) electrons. The van der Waals surface area contributed by atoms with E-state index >= 15 is 0 Å². The number of cyclic esters (lactones) is 1. The van der Waals surface area contributed by atoms with Crippen molar-refractivity contribution in [3.8, 4) is 17.2 Å². The molecular weight excluding hydrogens is 346 g/mol. The number of carbonyl (C=O) groups excluding carboxylic acids is 1. The third-order valence-corrected chi connectivity index (χ3v) is 4.98. The van der Waals surface area contributed by atoms with Crippen LogP contribution in [0.2, 0.25) is 0 Å². The van der Waals surface area contributed by atoms with E-state index in [-0.39, 0.29) is 17.5 Å². The highest BCUT2D eigenvalue weighted by Crippen LogP contribution is 2.45. The first-order valence-corrected chi connectivity index (χ1v) is 8.78. The second-order valence-electron chi connectivity index (χ2n) is 7.14. The van der Waals surface area contributed by atoms with Crippen molar-refractivity contribution in [3.63, 3.8) is 0 Å². The zero-order valence-electron chi connectivity index (χ0n) is 16.2. The first-order valence-electron chi connectivity index (χ1n) is 8.78. The number of nitrogens with one attached hydrogen (secondary N) is 1. The molecule has 0 unspecified atom stereocenters. The molecule has 2 aromatic rings. The van der Waals surface area contributed by atoms with Crippen molar-refractivity contribution in [3.05, 3.63) is 53.1 Å². The zero-order chi connectivity index (χ0) is 19.8. The van der Waals surface area contributed by atoms with Crippen LogP contribution in [-0.4, -0.2) is 30.9 Å². The number of esters is 1. The van der Waals surface area contributed by atoms with Crippen LogP contribution in [0.25, 0.3) is 0 Å². The Bertz CT molecular complexity index is 847. The predicted octanol–water partition coefficient (Wildman–Crippen LogP) is 3.43. The quantitative estimate of drug-likeness (QED) is 0.802. The van der Waals surface area contributed by atoms with Crippen LogP contribution in [0.15, 0.2) is 36.4 Å². The number of hydrogen-bond acceptors (Lipinski definition) is 6. The van der Waals surface area contributed by atoms with Crippen molar-refractivity contribution in [2.75, 3.05) is 14.2 Å². The van der Waals surface area contributed by atoms with Crippen molar-refractivity contribution >= 4 is 5.97 Å². The average Bonchev–Trinajstić information content (AvgIpc) is 2.63. The first kappa shape index (κ1) is 19.0. The second kappa shape index (κ2) is 7.12. The van der Waals surface area contributed by atoms with Gasteiger partial charge < -0.3 is 19.3 Å². The normalized spacial score (nSPS) is 21.4. The number of methoxy groups -OCH3 is 2. The molecule has 1 heterocycles. The highest BCUT2D eigenvalue weighted by Gasteiger charge is 2.45. The SMILES string of the molecule is COc1cc([C@@H]2N[C@@H](c3ccccc3)C(C)(C)OC2=O)c(O)c(OC)c1C. The average molecular weight is 371 g/mol. The van der Waals surface area contributed by atoms with Gasteiger partial charge in [-0.2, -0.15) is 0 Å². The molecule has 0 saturated carbocycles. The van der Waals surface area contributed by atoms with Gasteiger partial charge in [0, 0.05) is 11.1 Å². The molecular formula is C21H25NO5. The molecule has 0 bridgehead atoms. The van der Waals surface area contributed by atoms with Gasteiger partial charge in [-0.1, -0.05) is 30.3 Å². The van der Waals surface area contributed by atoms with Crippen molar-refractivity contribution in [1.29, 1.82) is 0 Å². The van der Waals surface area contributed by atoms with Crippen LogP contribution in [0, 0.1) is 6.92 Å². The van der Waals surface area contributed by atoms with Crippen LogP contribution >= 0.6 is 0 Å². The van der Waals surface area contributed by atoms with Crippen LogP contribution in [0.4, 0.5) is 0 Å². The van der Waals surface area contributed by atoms with E-state index in [4.69, 9.17) is 14.2 Å². The summed E-state index contributed by atoms with van der Waals surface area (Å²) >= 11 is 0. The van der Waals surface area contributed by atoms with Gasteiger partial charge in [-0.25, -0.2) is 4.79 Å². The van der Waals surface area contributed by atoms with Gasteiger partial charge in [0.1, 0.15) is 17.4 Å². The number of carbonyl (C=O) groups is 1. The van der Waals surface area contributed by atoms with Crippen LogP contribution in [0.1, 0.15) is 42.6 Å². The van der Waals surface area contributed by atoms with Gasteiger partial charge in [-0.3, -0.25) is 5.32 Å². The molecule has 3 rings (SSSR count). The summed E-state index contributed by atoms with van der Waals surface area (Å²) in [4.78, 5) is 12.7. The molecule has 0 aromatic heterocycles. The van der Waals surface area contributed by atoms with Crippen molar-refractivity contribution in [1.82, 2.24) is 5.32 Å². The predicted molar refractivity (Wildman–Crippen MR) is 101 cm³/mol. The van der Waals surface area contributed by atoms with E-state index in [0.29, 0.717) is 16.9 Å². The lowest BCUT2D eigenvalue weighted by Crippen LogP contribution is -2.52. The molecule has 2 aromatic carbocycles. The Hall–Kier alpha value is -2.73. The molecule has 1 fully saturated rings. The largest absolute Gasteiger partial charge is 0.504 e. The standard InChI is InChI=1S/C21H25NO5/c1-12-15(25-4)11-14(17(23)18(12)26-5)16-20(24)27-21(2,3)19(22-16)13-9-7-6-8-10-13/h6-11,16,19,22-23H,1-5H3/t16-,19-/m0/s1. The molecule has 0 amide bonds. The Kier molecular flexibility index (Phi) is 5.02. The maximum absolute atomic E-state index is 12.7. The monoisotopic (exact) mass is 371 g/mol. The van der Waals surface area contributed by atoms with Gasteiger partial charge in [0.05, 0.1) is 20.3 Å². The lowest BCUT2D eigenvalue weighted by atomic mass is 9.87. The first-order chi connectivity index (χ1) is 12.8. The van der Waals surface area contributed by atoms with Gasteiger partial charge >= 0.3 is 5.97 Å².